The van der Waals surface area contributed by atoms with E-state index < -0.39 is 24.3 Å². The summed E-state index contributed by atoms with van der Waals surface area (Å²) < 4.78 is 49.6. The second kappa shape index (κ2) is 11.0. The summed E-state index contributed by atoms with van der Waals surface area (Å²) in [6.07, 6.45) is -2.88. The van der Waals surface area contributed by atoms with E-state index >= 15 is 0 Å². The number of anilines is 2. The maximum absolute atomic E-state index is 12.8. The topological polar surface area (TPSA) is 71.9 Å². The smallest absolute Gasteiger partial charge is 0.416 e. The van der Waals surface area contributed by atoms with Crippen LogP contribution in [0, 0.1) is 0 Å². The fourth-order valence-electron chi connectivity index (χ4n) is 2.80. The van der Waals surface area contributed by atoms with Crippen molar-refractivity contribution in [1.29, 1.82) is 0 Å². The largest absolute Gasteiger partial charge is 0.490 e. The highest BCUT2D eigenvalue weighted by Crippen LogP contribution is 2.31. The van der Waals surface area contributed by atoms with E-state index in [1.165, 1.54) is 12.1 Å². The number of para-hydroxylation sites is 1. The van der Waals surface area contributed by atoms with Crippen LogP contribution in [0.1, 0.15) is 18.1 Å². The Hall–Kier alpha value is -4.01. The van der Waals surface area contributed by atoms with E-state index in [0.29, 0.717) is 18.1 Å². The van der Waals surface area contributed by atoms with E-state index in [2.05, 4.69) is 15.8 Å². The number of carbonyl (C=O) groups is 1. The van der Waals surface area contributed by atoms with Gasteiger partial charge in [0, 0.05) is 5.69 Å². The van der Waals surface area contributed by atoms with Gasteiger partial charge < -0.3 is 14.8 Å². The predicted octanol–water partition coefficient (Wildman–Crippen LogP) is 5.57. The number of ether oxygens (including phenoxy) is 2. The van der Waals surface area contributed by atoms with E-state index in [0.717, 1.165) is 23.4 Å². The molecule has 0 heterocycles. The summed E-state index contributed by atoms with van der Waals surface area (Å²) in [6, 6.07) is 18.9. The first kappa shape index (κ1) is 23.6. The van der Waals surface area contributed by atoms with Gasteiger partial charge in [0.15, 0.2) is 18.1 Å². The summed E-state index contributed by atoms with van der Waals surface area (Å²) in [5.41, 5.74) is 3.67. The van der Waals surface area contributed by atoms with Gasteiger partial charge in [0.25, 0.3) is 5.91 Å². The molecule has 0 bridgehead atoms. The number of hydrazone groups is 1. The molecule has 0 atom stereocenters. The van der Waals surface area contributed by atoms with E-state index in [-0.39, 0.29) is 5.69 Å². The van der Waals surface area contributed by atoms with Crippen molar-refractivity contribution >= 4 is 23.5 Å². The number of alkyl halides is 3. The Morgan fingerprint density at radius 3 is 2.42 bits per heavy atom. The SMILES string of the molecule is CCOc1cc(C=NNc2ccccc2)ccc1OCC(=O)Nc1cccc(C(F)(F)F)c1. The van der Waals surface area contributed by atoms with Crippen LogP contribution in [0.3, 0.4) is 0 Å². The first-order chi connectivity index (χ1) is 15.8. The number of amides is 1. The lowest BCUT2D eigenvalue weighted by Crippen LogP contribution is -2.20. The van der Waals surface area contributed by atoms with Crippen molar-refractivity contribution in [3.8, 4) is 11.5 Å². The summed E-state index contributed by atoms with van der Waals surface area (Å²) in [5, 5.41) is 6.57. The number of hydrogen-bond donors (Lipinski definition) is 2. The number of nitrogens with one attached hydrogen (secondary N) is 2. The van der Waals surface area contributed by atoms with Gasteiger partial charge in [-0.3, -0.25) is 10.2 Å². The number of benzene rings is 3. The van der Waals surface area contributed by atoms with Gasteiger partial charge in [-0.15, -0.1) is 0 Å². The first-order valence-electron chi connectivity index (χ1n) is 10.1. The highest BCUT2D eigenvalue weighted by Gasteiger charge is 2.30. The van der Waals surface area contributed by atoms with Crippen molar-refractivity contribution in [1.82, 2.24) is 0 Å². The van der Waals surface area contributed by atoms with Crippen LogP contribution in [0.25, 0.3) is 0 Å². The molecule has 3 aromatic rings. The minimum Gasteiger partial charge on any atom is -0.490 e. The Labute approximate surface area is 189 Å². The predicted molar refractivity (Wildman–Crippen MR) is 121 cm³/mol. The molecule has 0 fully saturated rings. The molecule has 0 saturated heterocycles. The molecular weight excluding hydrogens is 435 g/mol. The van der Waals surface area contributed by atoms with E-state index in [9.17, 15) is 18.0 Å². The lowest BCUT2D eigenvalue weighted by atomic mass is 10.2. The molecule has 33 heavy (non-hydrogen) atoms. The highest BCUT2D eigenvalue weighted by atomic mass is 19.4. The van der Waals surface area contributed by atoms with Gasteiger partial charge in [-0.1, -0.05) is 24.3 Å². The molecule has 6 nitrogen and oxygen atoms in total. The van der Waals surface area contributed by atoms with Gasteiger partial charge in [-0.25, -0.2) is 0 Å². The van der Waals surface area contributed by atoms with Gasteiger partial charge in [0.2, 0.25) is 0 Å². The lowest BCUT2D eigenvalue weighted by molar-refractivity contribution is -0.137. The van der Waals surface area contributed by atoms with Crippen molar-refractivity contribution in [2.45, 2.75) is 13.1 Å². The fraction of sp³-hybridized carbons (Fsp3) is 0.167. The Balaban J connectivity index is 1.61. The van der Waals surface area contributed by atoms with Crippen molar-refractivity contribution < 1.29 is 27.4 Å². The Morgan fingerprint density at radius 2 is 1.70 bits per heavy atom. The van der Waals surface area contributed by atoms with Crippen molar-refractivity contribution in [2.24, 2.45) is 5.10 Å². The molecule has 2 N–H and O–H groups in total. The summed E-state index contributed by atoms with van der Waals surface area (Å²) in [5.74, 6) is 0.131. The molecular formula is C24H22F3N3O3. The average molecular weight is 457 g/mol. The molecule has 9 heteroatoms. The standard InChI is InChI=1S/C24H22F3N3O3/c1-2-32-22-13-17(15-28-30-19-8-4-3-5-9-19)11-12-21(22)33-16-23(31)29-20-10-6-7-18(14-20)24(25,26)27/h3-15,30H,2,16H2,1H3,(H,29,31). The minimum atomic E-state index is -4.49. The van der Waals surface area contributed by atoms with Crippen molar-refractivity contribution in [2.75, 3.05) is 24.0 Å². The van der Waals surface area contributed by atoms with Crippen LogP contribution in [0.4, 0.5) is 24.5 Å². The van der Waals surface area contributed by atoms with Crippen LogP contribution >= 0.6 is 0 Å². The molecule has 3 aromatic carbocycles. The van der Waals surface area contributed by atoms with Crippen LogP contribution in [-0.2, 0) is 11.0 Å². The van der Waals surface area contributed by atoms with Crippen LogP contribution in [0.2, 0.25) is 0 Å². The monoisotopic (exact) mass is 457 g/mol. The molecule has 1 amide bonds. The Kier molecular flexibility index (Phi) is 7.91. The molecule has 0 aliphatic heterocycles. The zero-order chi connectivity index (χ0) is 23.7. The molecule has 0 radical (unpaired) electrons. The molecule has 0 unspecified atom stereocenters. The molecule has 0 aromatic heterocycles. The molecule has 0 spiro atoms. The zero-order valence-electron chi connectivity index (χ0n) is 17.7. The fourth-order valence-corrected chi connectivity index (χ4v) is 2.80. The quantitative estimate of drug-likeness (QED) is 0.326. The number of hydrogen-bond acceptors (Lipinski definition) is 5. The number of rotatable bonds is 9. The molecule has 0 saturated carbocycles. The summed E-state index contributed by atoms with van der Waals surface area (Å²) in [7, 11) is 0. The maximum Gasteiger partial charge on any atom is 0.416 e. The summed E-state index contributed by atoms with van der Waals surface area (Å²) in [4.78, 5) is 12.2. The molecule has 172 valence electrons. The summed E-state index contributed by atoms with van der Waals surface area (Å²) >= 11 is 0. The van der Waals surface area contributed by atoms with Gasteiger partial charge in [0.1, 0.15) is 0 Å². The minimum absolute atomic E-state index is 0.0286. The van der Waals surface area contributed by atoms with Gasteiger partial charge in [-0.05, 0) is 61.0 Å². The molecule has 0 aliphatic rings. The number of halogens is 3. The Bertz CT molecular complexity index is 1100. The third kappa shape index (κ3) is 7.27. The second-order valence-electron chi connectivity index (χ2n) is 6.79. The van der Waals surface area contributed by atoms with Crippen LogP contribution < -0.4 is 20.2 Å². The lowest BCUT2D eigenvalue weighted by Gasteiger charge is -2.13. The van der Waals surface area contributed by atoms with Gasteiger partial charge in [0.05, 0.1) is 24.1 Å². The third-order valence-corrected chi connectivity index (χ3v) is 4.28. The molecule has 3 rings (SSSR count). The van der Waals surface area contributed by atoms with Gasteiger partial charge >= 0.3 is 6.18 Å². The second-order valence-corrected chi connectivity index (χ2v) is 6.79. The highest BCUT2D eigenvalue weighted by molar-refractivity contribution is 5.92. The maximum atomic E-state index is 12.8. The summed E-state index contributed by atoms with van der Waals surface area (Å²) in [6.45, 7) is 1.77. The van der Waals surface area contributed by atoms with Gasteiger partial charge in [-0.2, -0.15) is 18.3 Å². The first-order valence-corrected chi connectivity index (χ1v) is 10.1. The Morgan fingerprint density at radius 1 is 0.939 bits per heavy atom. The number of nitrogens with zero attached hydrogens (tertiary/aromatic N) is 1. The van der Waals surface area contributed by atoms with Crippen LogP contribution in [-0.4, -0.2) is 25.3 Å². The van der Waals surface area contributed by atoms with Crippen molar-refractivity contribution in [3.05, 3.63) is 83.9 Å². The van der Waals surface area contributed by atoms with Crippen LogP contribution in [0.15, 0.2) is 77.9 Å². The zero-order valence-corrected chi connectivity index (χ0v) is 17.7. The number of carbonyl (C=O) groups excluding carboxylic acids is 1. The van der Waals surface area contributed by atoms with Crippen LogP contribution in [0.5, 0.6) is 11.5 Å². The third-order valence-electron chi connectivity index (χ3n) is 4.28. The van der Waals surface area contributed by atoms with Crippen molar-refractivity contribution in [3.63, 3.8) is 0 Å². The van der Waals surface area contributed by atoms with E-state index in [1.807, 2.05) is 37.3 Å². The molecule has 0 aliphatic carbocycles. The van der Waals surface area contributed by atoms with E-state index in [1.54, 1.807) is 24.4 Å². The average Bonchev–Trinajstić information content (AvgIpc) is 2.79. The van der Waals surface area contributed by atoms with E-state index in [4.69, 9.17) is 9.47 Å². The normalized spacial score (nSPS) is 11.3.